The van der Waals surface area contributed by atoms with Crippen molar-refractivity contribution in [2.45, 2.75) is 19.1 Å². The molecule has 3 atom stereocenters. The van der Waals surface area contributed by atoms with Crippen LogP contribution in [-0.4, -0.2) is 17.4 Å². The molecule has 60 valence electrons. The summed E-state index contributed by atoms with van der Waals surface area (Å²) in [5.41, 5.74) is 0. The fraction of sp³-hybridized carbons (Fsp3) is 0.625. The summed E-state index contributed by atoms with van der Waals surface area (Å²) in [7, 11) is 0. The number of hydrogen-bond donors (Lipinski definition) is 1. The molecule has 0 bridgehead atoms. The minimum atomic E-state index is -0.863. The normalized spacial score (nSPS) is 41.9. The molecule has 1 saturated heterocycles. The van der Waals surface area contributed by atoms with Gasteiger partial charge in [-0.15, -0.1) is 0 Å². The topological polar surface area (TPSA) is 46.5 Å². The Hall–Kier alpha value is -0.830. The van der Waals surface area contributed by atoms with Gasteiger partial charge in [0.25, 0.3) is 0 Å². The number of ether oxygens (including phenoxy) is 1. The fourth-order valence-corrected chi connectivity index (χ4v) is 1.72. The van der Waals surface area contributed by atoms with E-state index in [0.29, 0.717) is 0 Å². The maximum atomic E-state index is 11.0. The lowest BCUT2D eigenvalue weighted by Gasteiger charge is -2.17. The zero-order valence-corrected chi connectivity index (χ0v) is 6.06. The quantitative estimate of drug-likeness (QED) is 0.407. The molecular formula is C8H10O3. The van der Waals surface area contributed by atoms with Crippen LogP contribution in [0.4, 0.5) is 0 Å². The molecule has 0 radical (unpaired) electrons. The highest BCUT2D eigenvalue weighted by atomic mass is 16.6. The van der Waals surface area contributed by atoms with Crippen LogP contribution in [0, 0.1) is 11.8 Å². The molecule has 1 heterocycles. The van der Waals surface area contributed by atoms with Gasteiger partial charge in [0.2, 0.25) is 6.29 Å². The molecule has 1 N–H and O–H groups in total. The maximum Gasteiger partial charge on any atom is 0.312 e. The number of aliphatic hydroxyl groups excluding tert-OH is 1. The van der Waals surface area contributed by atoms with Crippen LogP contribution in [0.3, 0.4) is 0 Å². The number of aliphatic hydroxyl groups is 1. The molecule has 1 aliphatic heterocycles. The number of rotatable bonds is 0. The van der Waals surface area contributed by atoms with E-state index in [1.54, 1.807) is 0 Å². The maximum absolute atomic E-state index is 11.0. The van der Waals surface area contributed by atoms with Crippen molar-refractivity contribution >= 4 is 5.97 Å². The second kappa shape index (κ2) is 2.34. The zero-order chi connectivity index (χ0) is 7.84. The Morgan fingerprint density at radius 1 is 1.45 bits per heavy atom. The van der Waals surface area contributed by atoms with Gasteiger partial charge < -0.3 is 9.84 Å². The van der Waals surface area contributed by atoms with Crippen molar-refractivity contribution in [3.63, 3.8) is 0 Å². The van der Waals surface area contributed by atoms with Crippen LogP contribution in [0.2, 0.25) is 0 Å². The monoisotopic (exact) mass is 154 g/mol. The van der Waals surface area contributed by atoms with Crippen molar-refractivity contribution in [3.05, 3.63) is 12.2 Å². The summed E-state index contributed by atoms with van der Waals surface area (Å²) in [5.74, 6) is -0.325. The molecule has 0 aromatic heterocycles. The molecule has 0 aromatic carbocycles. The van der Waals surface area contributed by atoms with Crippen LogP contribution in [-0.2, 0) is 9.53 Å². The number of hydrogen-bond acceptors (Lipinski definition) is 3. The summed E-state index contributed by atoms with van der Waals surface area (Å²) >= 11 is 0. The lowest BCUT2D eigenvalue weighted by Crippen LogP contribution is -2.21. The molecule has 1 fully saturated rings. The van der Waals surface area contributed by atoms with Gasteiger partial charge in [-0.1, -0.05) is 12.2 Å². The Kier molecular flexibility index (Phi) is 1.46. The van der Waals surface area contributed by atoms with Crippen LogP contribution in [0.25, 0.3) is 0 Å². The number of carbonyl (C=O) groups is 1. The van der Waals surface area contributed by atoms with Crippen LogP contribution in [0.5, 0.6) is 0 Å². The molecule has 2 rings (SSSR count). The first-order valence-corrected chi connectivity index (χ1v) is 3.82. The highest BCUT2D eigenvalue weighted by Gasteiger charge is 2.43. The van der Waals surface area contributed by atoms with Gasteiger partial charge in [0, 0.05) is 5.92 Å². The van der Waals surface area contributed by atoms with Crippen LogP contribution >= 0.6 is 0 Å². The summed E-state index contributed by atoms with van der Waals surface area (Å²) in [4.78, 5) is 11.0. The van der Waals surface area contributed by atoms with E-state index in [1.807, 2.05) is 12.2 Å². The van der Waals surface area contributed by atoms with Crippen molar-refractivity contribution in [2.24, 2.45) is 11.8 Å². The van der Waals surface area contributed by atoms with E-state index >= 15 is 0 Å². The number of carbonyl (C=O) groups excluding carboxylic acids is 1. The molecule has 1 aliphatic carbocycles. The van der Waals surface area contributed by atoms with Crippen LogP contribution in [0.1, 0.15) is 12.8 Å². The first kappa shape index (κ1) is 6.85. The Balaban J connectivity index is 2.21. The first-order chi connectivity index (χ1) is 5.29. The van der Waals surface area contributed by atoms with E-state index in [4.69, 9.17) is 0 Å². The van der Waals surface area contributed by atoms with Gasteiger partial charge in [0.15, 0.2) is 0 Å². The number of allylic oxidation sites excluding steroid dienone is 2. The molecule has 0 spiro atoms. The summed E-state index contributed by atoms with van der Waals surface area (Å²) in [5, 5.41) is 9.22. The van der Waals surface area contributed by atoms with E-state index in [1.165, 1.54) is 0 Å². The Labute approximate surface area is 64.7 Å². The van der Waals surface area contributed by atoms with E-state index in [9.17, 15) is 9.90 Å². The zero-order valence-electron chi connectivity index (χ0n) is 6.06. The molecule has 3 heteroatoms. The number of cyclic esters (lactones) is 1. The second-order valence-corrected chi connectivity index (χ2v) is 3.04. The summed E-state index contributed by atoms with van der Waals surface area (Å²) < 4.78 is 4.68. The number of esters is 1. The summed E-state index contributed by atoms with van der Waals surface area (Å²) in [6.45, 7) is 0. The third-order valence-electron chi connectivity index (χ3n) is 2.39. The predicted molar refractivity (Wildman–Crippen MR) is 37.5 cm³/mol. The highest BCUT2D eigenvalue weighted by Crippen LogP contribution is 2.35. The molecule has 11 heavy (non-hydrogen) atoms. The van der Waals surface area contributed by atoms with Crippen molar-refractivity contribution in [1.29, 1.82) is 0 Å². The van der Waals surface area contributed by atoms with Gasteiger partial charge in [0.05, 0.1) is 5.92 Å². The molecule has 2 unspecified atom stereocenters. The largest absolute Gasteiger partial charge is 0.435 e. The Morgan fingerprint density at radius 3 is 2.91 bits per heavy atom. The van der Waals surface area contributed by atoms with Crippen molar-refractivity contribution in [3.8, 4) is 0 Å². The molecular weight excluding hydrogens is 144 g/mol. The third kappa shape index (κ3) is 0.959. The second-order valence-electron chi connectivity index (χ2n) is 3.04. The van der Waals surface area contributed by atoms with Gasteiger partial charge in [-0.2, -0.15) is 0 Å². The molecule has 0 aromatic rings. The Morgan fingerprint density at radius 2 is 2.18 bits per heavy atom. The molecule has 2 aliphatic rings. The van der Waals surface area contributed by atoms with Crippen molar-refractivity contribution < 1.29 is 14.6 Å². The SMILES string of the molecule is O=C1O[C@H](O)C2CC=CCC12. The predicted octanol–water partition coefficient (Wildman–Crippen LogP) is 0.444. The van der Waals surface area contributed by atoms with Crippen molar-refractivity contribution in [1.82, 2.24) is 0 Å². The molecule has 3 nitrogen and oxygen atoms in total. The molecule has 0 amide bonds. The third-order valence-corrected chi connectivity index (χ3v) is 2.39. The van der Waals surface area contributed by atoms with Gasteiger partial charge in [-0.05, 0) is 12.8 Å². The van der Waals surface area contributed by atoms with Crippen molar-refractivity contribution in [2.75, 3.05) is 0 Å². The lowest BCUT2D eigenvalue weighted by molar-refractivity contribution is -0.156. The minimum Gasteiger partial charge on any atom is -0.435 e. The average Bonchev–Trinajstić information content (AvgIpc) is 2.30. The standard InChI is InChI=1S/C8H10O3/c9-7-5-3-1-2-4-6(5)8(10)11-7/h1-2,5-7,9H,3-4H2/t5?,6?,7-/m0/s1. The number of fused-ring (bicyclic) bond motifs is 1. The van der Waals surface area contributed by atoms with Crippen LogP contribution in [0.15, 0.2) is 12.2 Å². The highest BCUT2D eigenvalue weighted by molar-refractivity contribution is 5.75. The van der Waals surface area contributed by atoms with Gasteiger partial charge in [-0.3, -0.25) is 4.79 Å². The summed E-state index contributed by atoms with van der Waals surface area (Å²) in [6.07, 6.45) is 4.59. The van der Waals surface area contributed by atoms with E-state index in [-0.39, 0.29) is 17.8 Å². The molecule has 0 saturated carbocycles. The lowest BCUT2D eigenvalue weighted by atomic mass is 9.85. The first-order valence-electron chi connectivity index (χ1n) is 3.82. The van der Waals surface area contributed by atoms with E-state index < -0.39 is 6.29 Å². The van der Waals surface area contributed by atoms with Gasteiger partial charge in [-0.25, -0.2) is 0 Å². The Bertz CT molecular complexity index is 209. The van der Waals surface area contributed by atoms with Gasteiger partial charge in [0.1, 0.15) is 0 Å². The van der Waals surface area contributed by atoms with E-state index in [0.717, 1.165) is 12.8 Å². The summed E-state index contributed by atoms with van der Waals surface area (Å²) in [6, 6.07) is 0. The smallest absolute Gasteiger partial charge is 0.312 e. The average molecular weight is 154 g/mol. The van der Waals surface area contributed by atoms with Gasteiger partial charge >= 0.3 is 5.97 Å². The minimum absolute atomic E-state index is 0.00694. The van der Waals surface area contributed by atoms with E-state index in [2.05, 4.69) is 4.74 Å². The fourth-order valence-electron chi connectivity index (χ4n) is 1.72. The van der Waals surface area contributed by atoms with Crippen LogP contribution < -0.4 is 0 Å².